The molecular formula is C64H124O17P2. The number of phosphoric ester groups is 2. The standard InChI is InChI=1S/C64H124O17P2/c1-9-57(8)43-35-27-20-23-31-39-47-64(69)81-59(50-74-61(66)44-36-28-17-15-13-11-10-12-14-16-24-32-40-54(2)3)52-78-82(70,71)76-48-58(65)49-77-83(72,73)79-53-60(80-63(68)46-38-30-22-19-26-34-42-56(6)7)51-75-62(67)45-37-29-21-18-25-33-41-55(4)5/h54-60,65H,9-53H2,1-8H3,(H,70,71)(H,72,73)/t57?,58-,59-,60-/m1/s1. The lowest BCUT2D eigenvalue weighted by atomic mass is 10.00. The number of rotatable bonds is 61. The largest absolute Gasteiger partial charge is 0.472 e. The Kier molecular flexibility index (Phi) is 53.0. The third kappa shape index (κ3) is 57.6. The predicted molar refractivity (Wildman–Crippen MR) is 331 cm³/mol. The Labute approximate surface area is 505 Å². The summed E-state index contributed by atoms with van der Waals surface area (Å²) >= 11 is 0. The van der Waals surface area contributed by atoms with Crippen LogP contribution in [0.3, 0.4) is 0 Å². The second kappa shape index (κ2) is 54.2. The van der Waals surface area contributed by atoms with Gasteiger partial charge >= 0.3 is 39.5 Å². The summed E-state index contributed by atoms with van der Waals surface area (Å²) in [7, 11) is -9.89. The number of aliphatic hydroxyl groups is 1. The number of esters is 4. The van der Waals surface area contributed by atoms with Crippen molar-refractivity contribution in [3.63, 3.8) is 0 Å². The molecule has 19 heteroatoms. The number of hydrogen-bond acceptors (Lipinski definition) is 15. The van der Waals surface area contributed by atoms with E-state index in [1.807, 2.05) is 0 Å². The molecule has 0 aromatic carbocycles. The van der Waals surface area contributed by atoms with Crippen LogP contribution >= 0.6 is 15.6 Å². The minimum absolute atomic E-state index is 0.100. The molecule has 0 aromatic rings. The molecule has 0 fully saturated rings. The summed E-state index contributed by atoms with van der Waals surface area (Å²) in [6.45, 7) is 13.9. The van der Waals surface area contributed by atoms with E-state index in [0.29, 0.717) is 37.5 Å². The van der Waals surface area contributed by atoms with Crippen LogP contribution in [0.5, 0.6) is 0 Å². The summed E-state index contributed by atoms with van der Waals surface area (Å²) < 4.78 is 67.9. The molecule has 0 saturated heterocycles. The Morgan fingerprint density at radius 1 is 0.337 bits per heavy atom. The van der Waals surface area contributed by atoms with Crippen LogP contribution < -0.4 is 0 Å². The van der Waals surface area contributed by atoms with Gasteiger partial charge in [-0.05, 0) is 49.4 Å². The van der Waals surface area contributed by atoms with Gasteiger partial charge in [0.15, 0.2) is 12.2 Å². The van der Waals surface area contributed by atoms with Gasteiger partial charge in [0, 0.05) is 25.7 Å². The highest BCUT2D eigenvalue weighted by atomic mass is 31.2. The lowest BCUT2D eigenvalue weighted by Crippen LogP contribution is -2.30. The Hall–Kier alpha value is -1.94. The average Bonchev–Trinajstić information content (AvgIpc) is 3.48. The number of carbonyl (C=O) groups is 4. The van der Waals surface area contributed by atoms with Crippen molar-refractivity contribution in [2.24, 2.45) is 23.7 Å². The van der Waals surface area contributed by atoms with E-state index >= 15 is 0 Å². The van der Waals surface area contributed by atoms with Gasteiger partial charge in [-0.15, -0.1) is 0 Å². The fourth-order valence-corrected chi connectivity index (χ4v) is 11.0. The third-order valence-electron chi connectivity index (χ3n) is 14.9. The van der Waals surface area contributed by atoms with Gasteiger partial charge in [0.2, 0.25) is 0 Å². The molecule has 0 aliphatic rings. The van der Waals surface area contributed by atoms with Gasteiger partial charge < -0.3 is 33.8 Å². The van der Waals surface area contributed by atoms with Crippen molar-refractivity contribution < 1.29 is 80.2 Å². The first-order valence-corrected chi connectivity index (χ1v) is 36.2. The lowest BCUT2D eigenvalue weighted by Gasteiger charge is -2.21. The van der Waals surface area contributed by atoms with E-state index in [2.05, 4.69) is 55.4 Å². The molecule has 0 rings (SSSR count). The van der Waals surface area contributed by atoms with E-state index in [0.717, 1.165) is 108 Å². The molecule has 0 aliphatic heterocycles. The number of aliphatic hydroxyl groups excluding tert-OH is 1. The molecule has 0 radical (unpaired) electrons. The molecular weight excluding hydrogens is 1100 g/mol. The molecule has 83 heavy (non-hydrogen) atoms. The van der Waals surface area contributed by atoms with Crippen LogP contribution in [0, 0.1) is 23.7 Å². The van der Waals surface area contributed by atoms with Crippen LogP contribution in [-0.2, 0) is 65.4 Å². The van der Waals surface area contributed by atoms with Crippen LogP contribution in [0.2, 0.25) is 0 Å². The monoisotopic (exact) mass is 1230 g/mol. The van der Waals surface area contributed by atoms with Gasteiger partial charge in [0.25, 0.3) is 0 Å². The van der Waals surface area contributed by atoms with Gasteiger partial charge in [-0.3, -0.25) is 37.3 Å². The average molecular weight is 1230 g/mol. The van der Waals surface area contributed by atoms with Crippen LogP contribution in [-0.4, -0.2) is 96.7 Å². The quantitative estimate of drug-likeness (QED) is 0.0222. The fraction of sp³-hybridized carbons (Fsp3) is 0.938. The van der Waals surface area contributed by atoms with Gasteiger partial charge in [0.1, 0.15) is 19.3 Å². The van der Waals surface area contributed by atoms with Crippen molar-refractivity contribution in [3.8, 4) is 0 Å². The van der Waals surface area contributed by atoms with Crippen molar-refractivity contribution in [1.29, 1.82) is 0 Å². The first-order valence-electron chi connectivity index (χ1n) is 33.2. The zero-order chi connectivity index (χ0) is 61.8. The molecule has 3 N–H and O–H groups in total. The summed E-state index contributed by atoms with van der Waals surface area (Å²) in [6, 6.07) is 0. The molecule has 0 saturated carbocycles. The normalized spacial score (nSPS) is 14.8. The Morgan fingerprint density at radius 2 is 0.578 bits per heavy atom. The molecule has 0 spiro atoms. The number of phosphoric acid groups is 2. The Bertz CT molecular complexity index is 1660. The van der Waals surface area contributed by atoms with Crippen molar-refractivity contribution >= 4 is 39.5 Å². The first-order chi connectivity index (χ1) is 39.6. The summed E-state index contributed by atoms with van der Waals surface area (Å²) in [5.41, 5.74) is 0. The number of ether oxygens (including phenoxy) is 4. The maximum atomic E-state index is 13.0. The van der Waals surface area contributed by atoms with Gasteiger partial charge in [-0.2, -0.15) is 0 Å². The molecule has 492 valence electrons. The van der Waals surface area contributed by atoms with E-state index in [4.69, 9.17) is 37.0 Å². The van der Waals surface area contributed by atoms with Crippen molar-refractivity contribution in [1.82, 2.24) is 0 Å². The molecule has 17 nitrogen and oxygen atoms in total. The molecule has 0 amide bonds. The maximum absolute atomic E-state index is 13.0. The second-order valence-corrected chi connectivity index (χ2v) is 27.7. The van der Waals surface area contributed by atoms with E-state index in [-0.39, 0.29) is 25.7 Å². The second-order valence-electron chi connectivity index (χ2n) is 24.8. The number of unbranched alkanes of at least 4 members (excludes halogenated alkanes) is 26. The predicted octanol–water partition coefficient (Wildman–Crippen LogP) is 17.4. The van der Waals surface area contributed by atoms with Crippen molar-refractivity contribution in [2.75, 3.05) is 39.6 Å². The van der Waals surface area contributed by atoms with E-state index in [1.54, 1.807) is 0 Å². The molecule has 6 atom stereocenters. The van der Waals surface area contributed by atoms with Crippen LogP contribution in [0.25, 0.3) is 0 Å². The molecule has 0 aromatic heterocycles. The zero-order valence-electron chi connectivity index (χ0n) is 53.8. The highest BCUT2D eigenvalue weighted by Gasteiger charge is 2.30. The van der Waals surface area contributed by atoms with Crippen molar-refractivity contribution in [3.05, 3.63) is 0 Å². The lowest BCUT2D eigenvalue weighted by molar-refractivity contribution is -0.161. The Balaban J connectivity index is 5.21. The highest BCUT2D eigenvalue weighted by molar-refractivity contribution is 7.47. The third-order valence-corrected chi connectivity index (χ3v) is 16.8. The van der Waals surface area contributed by atoms with Gasteiger partial charge in [-0.25, -0.2) is 9.13 Å². The fourth-order valence-electron chi connectivity index (χ4n) is 9.40. The zero-order valence-corrected chi connectivity index (χ0v) is 55.6. The number of carbonyl (C=O) groups excluding carboxylic acids is 4. The van der Waals surface area contributed by atoms with E-state index < -0.39 is 97.5 Å². The molecule has 0 aliphatic carbocycles. The van der Waals surface area contributed by atoms with Gasteiger partial charge in [-0.1, -0.05) is 254 Å². The smallest absolute Gasteiger partial charge is 0.462 e. The molecule has 3 unspecified atom stereocenters. The Morgan fingerprint density at radius 3 is 0.855 bits per heavy atom. The molecule has 0 heterocycles. The van der Waals surface area contributed by atoms with E-state index in [1.165, 1.54) is 103 Å². The minimum atomic E-state index is -4.95. The minimum Gasteiger partial charge on any atom is -0.462 e. The van der Waals surface area contributed by atoms with Crippen molar-refractivity contribution in [2.45, 2.75) is 324 Å². The van der Waals surface area contributed by atoms with Crippen LogP contribution in [0.1, 0.15) is 306 Å². The maximum Gasteiger partial charge on any atom is 0.472 e. The van der Waals surface area contributed by atoms with Crippen LogP contribution in [0.4, 0.5) is 0 Å². The topological polar surface area (TPSA) is 237 Å². The summed E-state index contributed by atoms with van der Waals surface area (Å²) in [5.74, 6) is 0.705. The summed E-state index contributed by atoms with van der Waals surface area (Å²) in [6.07, 6.45) is 33.8. The SMILES string of the molecule is CCC(C)CCCCCCCCC(=O)O[C@H](COC(=O)CCCCCCCCCCCCCCC(C)C)COP(=O)(O)OC[C@@H](O)COP(=O)(O)OC[C@@H](COC(=O)CCCCCCCCC(C)C)OC(=O)CCCCCCCCC(C)C. The molecule has 0 bridgehead atoms. The highest BCUT2D eigenvalue weighted by Crippen LogP contribution is 2.45. The van der Waals surface area contributed by atoms with Crippen LogP contribution in [0.15, 0.2) is 0 Å². The summed E-state index contributed by atoms with van der Waals surface area (Å²) in [4.78, 5) is 72.1. The van der Waals surface area contributed by atoms with Gasteiger partial charge in [0.05, 0.1) is 26.4 Å². The number of hydrogen-bond donors (Lipinski definition) is 3. The first kappa shape index (κ1) is 81.1. The summed E-state index contributed by atoms with van der Waals surface area (Å²) in [5, 5.41) is 10.5. The van der Waals surface area contributed by atoms with E-state index in [9.17, 15) is 43.2 Å².